The van der Waals surface area contributed by atoms with Gasteiger partial charge in [-0.3, -0.25) is 0 Å². The van der Waals surface area contributed by atoms with E-state index in [-0.39, 0.29) is 18.3 Å². The number of nitrogens with zero attached hydrogens (tertiary/aromatic N) is 2. The highest BCUT2D eigenvalue weighted by Gasteiger charge is 2.51. The van der Waals surface area contributed by atoms with E-state index >= 15 is 0 Å². The average Bonchev–Trinajstić information content (AvgIpc) is 1.72. The average molecular weight is 1350 g/mol. The Morgan fingerprint density at radius 3 is 1.13 bits per heavy atom. The van der Waals surface area contributed by atoms with E-state index < -0.39 is 0 Å². The smallest absolute Gasteiger partial charge is 0.399 e. The van der Waals surface area contributed by atoms with E-state index in [2.05, 4.69) is 364 Å². The van der Waals surface area contributed by atoms with E-state index in [9.17, 15) is 0 Å². The summed E-state index contributed by atoms with van der Waals surface area (Å²) in [6.07, 6.45) is 0. The Morgan fingerprint density at radius 1 is 0.314 bits per heavy atom. The van der Waals surface area contributed by atoms with Gasteiger partial charge in [0.25, 0.3) is 0 Å². The zero-order valence-electron chi connectivity index (χ0n) is 48.1. The molecule has 15 rings (SSSR count). The lowest BCUT2D eigenvalue weighted by atomic mass is 9.79. The van der Waals surface area contributed by atoms with Crippen molar-refractivity contribution in [1.82, 2.24) is 9.13 Å². The third kappa shape index (κ3) is 11.4. The Balaban J connectivity index is 0.000000131. The first-order chi connectivity index (χ1) is 41.9. The van der Waals surface area contributed by atoms with E-state index in [1.54, 1.807) is 0 Å². The van der Waals surface area contributed by atoms with Crippen LogP contribution in [-0.2, 0) is 9.31 Å². The first-order valence-corrected chi connectivity index (χ1v) is 31.6. The minimum Gasteiger partial charge on any atom is -0.399 e. The normalized spacial score (nSPS) is 13.4. The van der Waals surface area contributed by atoms with Crippen molar-refractivity contribution in [3.63, 3.8) is 0 Å². The fourth-order valence-electron chi connectivity index (χ4n) is 11.5. The lowest BCUT2D eigenvalue weighted by molar-refractivity contribution is 0.00578. The van der Waals surface area contributed by atoms with Crippen LogP contribution in [0.15, 0.2) is 300 Å². The summed E-state index contributed by atoms with van der Waals surface area (Å²) >= 11 is 9.55. The molecule has 4 nitrogen and oxygen atoms in total. The number of hydrogen-bond donors (Lipinski definition) is 0. The largest absolute Gasteiger partial charge is 0.494 e. The first kappa shape index (κ1) is 57.0. The van der Waals surface area contributed by atoms with E-state index in [1.165, 1.54) is 97.3 Å². The van der Waals surface area contributed by atoms with Crippen LogP contribution in [0.1, 0.15) is 27.7 Å². The molecule has 0 unspecified atom stereocenters. The van der Waals surface area contributed by atoms with Gasteiger partial charge in [-0.1, -0.05) is 250 Å². The van der Waals surface area contributed by atoms with Crippen molar-refractivity contribution in [2.45, 2.75) is 38.9 Å². The van der Waals surface area contributed by atoms with Gasteiger partial charge in [-0.15, -0.1) is 0 Å². The monoisotopic (exact) mass is 1350 g/mol. The molecule has 0 N–H and O–H groups in total. The molecule has 1 aliphatic rings. The molecule has 1 fully saturated rings. The van der Waals surface area contributed by atoms with Crippen LogP contribution in [0, 0.1) is 3.57 Å². The molecule has 8 heteroatoms. The first-order valence-electron chi connectivity index (χ1n) is 29.0. The molecule has 0 spiro atoms. The lowest BCUT2D eigenvalue weighted by Gasteiger charge is -2.32. The molecule has 86 heavy (non-hydrogen) atoms. The van der Waals surface area contributed by atoms with Crippen molar-refractivity contribution >= 4 is 111 Å². The summed E-state index contributed by atoms with van der Waals surface area (Å²) in [4.78, 5) is 0. The molecule has 0 radical (unpaired) electrons. The highest BCUT2D eigenvalue weighted by molar-refractivity contribution is 14.1. The van der Waals surface area contributed by atoms with Crippen molar-refractivity contribution in [2.24, 2.45) is 0 Å². The second-order valence-electron chi connectivity index (χ2n) is 22.7. The van der Waals surface area contributed by atoms with E-state index in [0.717, 1.165) is 31.3 Å². The predicted octanol–water partition coefficient (Wildman–Crippen LogP) is 22.0. The van der Waals surface area contributed by atoms with Crippen LogP contribution in [-0.4, -0.2) is 27.5 Å². The molecule has 3 heterocycles. The Kier molecular flexibility index (Phi) is 16.1. The van der Waals surface area contributed by atoms with Gasteiger partial charge >= 0.3 is 7.12 Å². The Labute approximate surface area is 534 Å². The van der Waals surface area contributed by atoms with Crippen LogP contribution in [0.2, 0.25) is 0 Å². The third-order valence-corrected chi connectivity index (χ3v) is 18.9. The number of para-hydroxylation sites is 2. The molecule has 0 saturated carbocycles. The SMILES string of the molecule is Brc1ccccc1-c1ccc(-c2ccc3c4ccccc4n(-c4ccc(-c5ccccc5)cc4)c3c2)cc1.Brc1ccccc1-c1ccc(I)cc1.CC1(C)OB(c2ccc3c4ccccc4n(-c4ccc(-c5ccccc5)cc4)c3c2)OC1(C)C. The van der Waals surface area contributed by atoms with Crippen LogP contribution < -0.4 is 5.46 Å². The molecule has 0 bridgehead atoms. The Morgan fingerprint density at radius 2 is 0.651 bits per heavy atom. The van der Waals surface area contributed by atoms with E-state index in [0.29, 0.717) is 0 Å². The topological polar surface area (TPSA) is 28.3 Å². The maximum absolute atomic E-state index is 6.35. The summed E-state index contributed by atoms with van der Waals surface area (Å²) in [7, 11) is -0.388. The van der Waals surface area contributed by atoms with Gasteiger partial charge < -0.3 is 18.4 Å². The summed E-state index contributed by atoms with van der Waals surface area (Å²) in [5.41, 5.74) is 19.6. The molecule has 1 aliphatic heterocycles. The second kappa shape index (κ2) is 24.4. The van der Waals surface area contributed by atoms with Gasteiger partial charge in [0.2, 0.25) is 0 Å². The molecular formula is C78H60BBr2IN2O2. The molecule has 2 aromatic heterocycles. The maximum atomic E-state index is 6.35. The van der Waals surface area contributed by atoms with E-state index in [4.69, 9.17) is 9.31 Å². The highest BCUT2D eigenvalue weighted by Crippen LogP contribution is 2.40. The zero-order chi connectivity index (χ0) is 58.9. The summed E-state index contributed by atoms with van der Waals surface area (Å²) in [5.74, 6) is 0. The zero-order valence-corrected chi connectivity index (χ0v) is 53.5. The third-order valence-electron chi connectivity index (χ3n) is 16.8. The van der Waals surface area contributed by atoms with Crippen LogP contribution in [0.4, 0.5) is 0 Å². The molecule has 0 amide bonds. The molecule has 418 valence electrons. The molecule has 12 aromatic carbocycles. The van der Waals surface area contributed by atoms with Crippen LogP contribution >= 0.6 is 54.5 Å². The minimum absolute atomic E-state index is 0.368. The molecule has 0 aliphatic carbocycles. The van der Waals surface area contributed by atoms with Crippen LogP contribution in [0.25, 0.3) is 111 Å². The lowest BCUT2D eigenvalue weighted by Crippen LogP contribution is -2.41. The van der Waals surface area contributed by atoms with Crippen LogP contribution in [0.5, 0.6) is 0 Å². The van der Waals surface area contributed by atoms with Crippen molar-refractivity contribution in [2.75, 3.05) is 0 Å². The summed E-state index contributed by atoms with van der Waals surface area (Å²) in [6.45, 7) is 8.38. The fourth-order valence-corrected chi connectivity index (χ4v) is 12.9. The molecular weight excluding hydrogens is 1290 g/mol. The van der Waals surface area contributed by atoms with Gasteiger partial charge in [0.1, 0.15) is 0 Å². The minimum atomic E-state index is -0.388. The number of rotatable bonds is 8. The second-order valence-corrected chi connectivity index (χ2v) is 25.6. The van der Waals surface area contributed by atoms with Crippen molar-refractivity contribution < 1.29 is 9.31 Å². The number of hydrogen-bond acceptors (Lipinski definition) is 2. The highest BCUT2D eigenvalue weighted by atomic mass is 127. The maximum Gasteiger partial charge on any atom is 0.494 e. The Bertz CT molecular complexity index is 4700. The van der Waals surface area contributed by atoms with Gasteiger partial charge in [0.15, 0.2) is 0 Å². The number of fused-ring (bicyclic) bond motifs is 6. The summed E-state index contributed by atoms with van der Waals surface area (Å²) in [5, 5.41) is 5.00. The van der Waals surface area contributed by atoms with Crippen molar-refractivity contribution in [1.29, 1.82) is 0 Å². The van der Waals surface area contributed by atoms with Crippen molar-refractivity contribution in [3.8, 4) is 67.0 Å². The predicted molar refractivity (Wildman–Crippen MR) is 379 cm³/mol. The van der Waals surface area contributed by atoms with Gasteiger partial charge in [-0.25, -0.2) is 0 Å². The standard InChI is InChI=1S/C36H24BrN.C30H28BNO2.C12H8BrI/c37-34-12-6-4-10-31(34)28-16-14-27(15-17-28)29-20-23-33-32-11-5-7-13-35(32)38(36(33)24-29)30-21-18-26(19-22-30)25-8-2-1-3-9-25;1-29(2)30(3,4)34-31(33-29)23-16-19-26-25-12-8-9-13-27(25)32(28(26)20-23)24-17-14-22(15-18-24)21-10-6-5-7-11-21;13-12-4-2-1-3-11(12)9-5-7-10(14)8-6-9/h1-24H;5-20H,1-4H3;1-8H. The van der Waals surface area contributed by atoms with Gasteiger partial charge in [-0.05, 0) is 184 Å². The van der Waals surface area contributed by atoms with Gasteiger partial charge in [0.05, 0.1) is 33.3 Å². The molecule has 0 atom stereocenters. The molecule has 14 aromatic rings. The molecule has 1 saturated heterocycles. The number of halogens is 3. The van der Waals surface area contributed by atoms with Crippen molar-refractivity contribution in [3.05, 3.63) is 304 Å². The number of aromatic nitrogens is 2. The van der Waals surface area contributed by atoms with E-state index in [1.807, 2.05) is 18.2 Å². The van der Waals surface area contributed by atoms with Gasteiger partial charge in [-0.2, -0.15) is 0 Å². The Hall–Kier alpha value is -8.09. The summed E-state index contributed by atoms with van der Waals surface area (Å²) in [6, 6.07) is 103. The number of benzene rings is 12. The van der Waals surface area contributed by atoms with Gasteiger partial charge in [0, 0.05) is 45.4 Å². The summed E-state index contributed by atoms with van der Waals surface area (Å²) < 4.78 is 20.9. The fraction of sp³-hybridized carbons (Fsp3) is 0.0769. The quantitative estimate of drug-likeness (QED) is 0.112. The van der Waals surface area contributed by atoms with Crippen LogP contribution in [0.3, 0.4) is 0 Å².